The van der Waals surface area contributed by atoms with Gasteiger partial charge < -0.3 is 26.2 Å². The van der Waals surface area contributed by atoms with E-state index >= 15 is 0 Å². The minimum atomic E-state index is -1.17. The molecule has 1 amide bonds. The predicted octanol–water partition coefficient (Wildman–Crippen LogP) is -1.12. The van der Waals surface area contributed by atoms with Crippen LogP contribution >= 0.6 is 0 Å². The molecule has 0 saturated carbocycles. The number of carbonyl (C=O) groups excluding carboxylic acids is 1. The Morgan fingerprint density at radius 3 is 2.78 bits per heavy atom. The molecule has 0 fully saturated rings. The quantitative estimate of drug-likeness (QED) is 0.455. The van der Waals surface area contributed by atoms with Crippen molar-refractivity contribution in [1.29, 1.82) is 0 Å². The number of pyridine rings is 1. The number of nitrogens with two attached hydrogens (primary N) is 1. The molecule has 0 aliphatic rings. The first-order valence-corrected chi connectivity index (χ1v) is 5.50. The number of aliphatic hydroxyl groups excluding tert-OH is 2. The van der Waals surface area contributed by atoms with E-state index in [4.69, 9.17) is 5.73 Å². The number of amides is 1. The number of rotatable bonds is 5. The summed E-state index contributed by atoms with van der Waals surface area (Å²) in [5.41, 5.74) is 5.25. The zero-order valence-electron chi connectivity index (χ0n) is 10.0. The van der Waals surface area contributed by atoms with E-state index in [-0.39, 0.29) is 24.6 Å². The lowest BCUT2D eigenvalue weighted by atomic mass is 10.0. The molecule has 0 spiro atoms. The lowest BCUT2D eigenvalue weighted by Crippen LogP contribution is -2.28. The second-order valence-electron chi connectivity index (χ2n) is 4.00. The van der Waals surface area contributed by atoms with Gasteiger partial charge in [0.15, 0.2) is 0 Å². The molecule has 2 unspecified atom stereocenters. The molecular weight excluding hydrogens is 238 g/mol. The van der Waals surface area contributed by atoms with Crippen molar-refractivity contribution in [2.75, 3.05) is 12.3 Å². The number of aromatic amines is 1. The zero-order chi connectivity index (χ0) is 13.7. The maximum absolute atomic E-state index is 11.0. The molecule has 7 heteroatoms. The van der Waals surface area contributed by atoms with Crippen molar-refractivity contribution in [3.8, 4) is 0 Å². The molecule has 1 aromatic rings. The van der Waals surface area contributed by atoms with E-state index in [9.17, 15) is 19.8 Å². The minimum Gasteiger partial charge on any atom is -0.394 e. The lowest BCUT2D eigenvalue weighted by molar-refractivity contribution is -0.119. The van der Waals surface area contributed by atoms with Gasteiger partial charge in [0.25, 0.3) is 5.56 Å². The number of hydrogen-bond donors (Lipinski definition) is 5. The highest BCUT2D eigenvalue weighted by Crippen LogP contribution is 2.18. The SMILES string of the molecule is CC(=O)NCCC(O)C(O)c1c[nH]c(=O)c(N)c1. The predicted molar refractivity (Wildman–Crippen MR) is 65.7 cm³/mol. The van der Waals surface area contributed by atoms with Crippen LogP contribution in [0.25, 0.3) is 0 Å². The van der Waals surface area contributed by atoms with E-state index < -0.39 is 17.8 Å². The van der Waals surface area contributed by atoms with Gasteiger partial charge in [-0.05, 0) is 12.5 Å². The second kappa shape index (κ2) is 6.18. The van der Waals surface area contributed by atoms with Crippen molar-refractivity contribution in [3.63, 3.8) is 0 Å². The first-order chi connectivity index (χ1) is 8.41. The number of nitrogens with one attached hydrogen (secondary N) is 2. The summed E-state index contributed by atoms with van der Waals surface area (Å²) >= 11 is 0. The van der Waals surface area contributed by atoms with Crippen molar-refractivity contribution in [1.82, 2.24) is 10.3 Å². The van der Waals surface area contributed by atoms with Crippen LogP contribution in [-0.2, 0) is 4.79 Å². The molecule has 100 valence electrons. The molecule has 1 rings (SSSR count). The van der Waals surface area contributed by atoms with Crippen LogP contribution in [0.4, 0.5) is 5.69 Å². The van der Waals surface area contributed by atoms with E-state index in [1.165, 1.54) is 19.2 Å². The van der Waals surface area contributed by atoms with Gasteiger partial charge in [-0.3, -0.25) is 9.59 Å². The Hall–Kier alpha value is -1.86. The summed E-state index contributed by atoms with van der Waals surface area (Å²) in [6.07, 6.45) is -0.731. The Morgan fingerprint density at radius 2 is 2.22 bits per heavy atom. The van der Waals surface area contributed by atoms with Crippen LogP contribution in [0.2, 0.25) is 0 Å². The summed E-state index contributed by atoms with van der Waals surface area (Å²) in [4.78, 5) is 24.0. The first kappa shape index (κ1) is 14.2. The molecule has 2 atom stereocenters. The van der Waals surface area contributed by atoms with Crippen LogP contribution in [0.1, 0.15) is 25.0 Å². The van der Waals surface area contributed by atoms with Gasteiger partial charge >= 0.3 is 0 Å². The van der Waals surface area contributed by atoms with Gasteiger partial charge in [-0.25, -0.2) is 0 Å². The standard InChI is InChI=1S/C11H17N3O4/c1-6(15)13-3-2-9(16)10(17)7-4-8(12)11(18)14-5-7/h4-5,9-10,16-17H,2-3,12H2,1H3,(H,13,15)(H,14,18). The molecule has 18 heavy (non-hydrogen) atoms. The fraction of sp³-hybridized carbons (Fsp3) is 0.455. The van der Waals surface area contributed by atoms with Crippen molar-refractivity contribution in [3.05, 3.63) is 28.2 Å². The summed E-state index contributed by atoms with van der Waals surface area (Å²) < 4.78 is 0. The molecule has 0 bridgehead atoms. The van der Waals surface area contributed by atoms with Gasteiger partial charge in [-0.1, -0.05) is 0 Å². The number of nitrogen functional groups attached to an aromatic ring is 1. The number of H-pyrrole nitrogens is 1. The highest BCUT2D eigenvalue weighted by molar-refractivity contribution is 5.72. The van der Waals surface area contributed by atoms with Gasteiger partial charge in [-0.2, -0.15) is 0 Å². The zero-order valence-corrected chi connectivity index (χ0v) is 10.0. The normalized spacial score (nSPS) is 13.9. The minimum absolute atomic E-state index is 0.0272. The fourth-order valence-corrected chi connectivity index (χ4v) is 1.47. The average molecular weight is 255 g/mol. The third kappa shape index (κ3) is 3.86. The first-order valence-electron chi connectivity index (χ1n) is 5.50. The van der Waals surface area contributed by atoms with Gasteiger partial charge in [0.1, 0.15) is 6.10 Å². The van der Waals surface area contributed by atoms with Crippen LogP contribution in [0, 0.1) is 0 Å². The highest BCUT2D eigenvalue weighted by Gasteiger charge is 2.18. The van der Waals surface area contributed by atoms with Crippen LogP contribution in [0.5, 0.6) is 0 Å². The topological polar surface area (TPSA) is 128 Å². The molecule has 7 nitrogen and oxygen atoms in total. The maximum atomic E-state index is 11.0. The van der Waals surface area contributed by atoms with Gasteiger partial charge in [0.2, 0.25) is 5.91 Å². The largest absolute Gasteiger partial charge is 0.394 e. The summed E-state index contributed by atoms with van der Waals surface area (Å²) in [5.74, 6) is -0.204. The number of carbonyl (C=O) groups is 1. The number of anilines is 1. The second-order valence-corrected chi connectivity index (χ2v) is 4.00. The van der Waals surface area contributed by atoms with Crippen molar-refractivity contribution in [2.45, 2.75) is 25.6 Å². The number of hydrogen-bond acceptors (Lipinski definition) is 5. The van der Waals surface area contributed by atoms with Crippen molar-refractivity contribution < 1.29 is 15.0 Å². The highest BCUT2D eigenvalue weighted by atomic mass is 16.3. The molecule has 0 aromatic carbocycles. The van der Waals surface area contributed by atoms with Crippen LogP contribution in [0.3, 0.4) is 0 Å². The Bertz CT molecular complexity index is 472. The van der Waals surface area contributed by atoms with Crippen molar-refractivity contribution in [2.24, 2.45) is 0 Å². The van der Waals surface area contributed by atoms with Crippen LogP contribution in [-0.4, -0.2) is 33.8 Å². The van der Waals surface area contributed by atoms with E-state index in [1.807, 2.05) is 0 Å². The Kier molecular flexibility index (Phi) is 4.87. The molecule has 0 aliphatic heterocycles. The summed E-state index contributed by atoms with van der Waals surface area (Å²) in [6.45, 7) is 1.62. The summed E-state index contributed by atoms with van der Waals surface area (Å²) in [6, 6.07) is 1.31. The molecule has 0 aliphatic carbocycles. The molecule has 1 heterocycles. The summed E-state index contributed by atoms with van der Waals surface area (Å²) in [5, 5.41) is 22.1. The molecule has 0 saturated heterocycles. The van der Waals surface area contributed by atoms with E-state index in [1.54, 1.807) is 0 Å². The number of aliphatic hydroxyl groups is 2. The monoisotopic (exact) mass is 255 g/mol. The van der Waals surface area contributed by atoms with Crippen LogP contribution < -0.4 is 16.6 Å². The third-order valence-electron chi connectivity index (χ3n) is 2.47. The van der Waals surface area contributed by atoms with Gasteiger partial charge in [0.05, 0.1) is 11.8 Å². The molecular formula is C11H17N3O4. The molecule has 0 radical (unpaired) electrons. The fourth-order valence-electron chi connectivity index (χ4n) is 1.47. The average Bonchev–Trinajstić information content (AvgIpc) is 2.31. The van der Waals surface area contributed by atoms with E-state index in [0.29, 0.717) is 5.56 Å². The molecule has 6 N–H and O–H groups in total. The Balaban J connectivity index is 2.62. The van der Waals surface area contributed by atoms with Gasteiger partial charge in [0, 0.05) is 25.2 Å². The lowest BCUT2D eigenvalue weighted by Gasteiger charge is -2.18. The van der Waals surface area contributed by atoms with Crippen molar-refractivity contribution >= 4 is 11.6 Å². The Labute approximate surface area is 104 Å². The number of aromatic nitrogens is 1. The maximum Gasteiger partial charge on any atom is 0.271 e. The van der Waals surface area contributed by atoms with Gasteiger partial charge in [-0.15, -0.1) is 0 Å². The summed E-state index contributed by atoms with van der Waals surface area (Å²) in [7, 11) is 0. The smallest absolute Gasteiger partial charge is 0.271 e. The Morgan fingerprint density at radius 1 is 1.56 bits per heavy atom. The van der Waals surface area contributed by atoms with Crippen LogP contribution in [0.15, 0.2) is 17.1 Å². The van der Waals surface area contributed by atoms with E-state index in [2.05, 4.69) is 10.3 Å². The molecule has 1 aromatic heterocycles. The van der Waals surface area contributed by atoms with E-state index in [0.717, 1.165) is 0 Å². The third-order valence-corrected chi connectivity index (χ3v) is 2.47.